The molecule has 2 aromatic heterocycles. The number of nitrogens with one attached hydrogen (secondary N) is 1. The first kappa shape index (κ1) is 9.53. The van der Waals surface area contributed by atoms with E-state index in [0.29, 0.717) is 22.9 Å². The minimum absolute atomic E-state index is 0.243. The SMILES string of the molecule is CC(O)c1nc2c(cnn2C2CC2)c(=O)[nH]1. The van der Waals surface area contributed by atoms with E-state index in [4.69, 9.17) is 0 Å². The number of fused-ring (bicyclic) bond motifs is 1. The number of aromatic nitrogens is 4. The molecule has 0 spiro atoms. The van der Waals surface area contributed by atoms with E-state index in [1.165, 1.54) is 6.20 Å². The maximum Gasteiger partial charge on any atom is 0.262 e. The number of rotatable bonds is 2. The van der Waals surface area contributed by atoms with Gasteiger partial charge in [-0.1, -0.05) is 0 Å². The summed E-state index contributed by atoms with van der Waals surface area (Å²) in [6.07, 6.45) is 2.91. The standard InChI is InChI=1S/C10H12N4O2/c1-5(15)8-12-9-7(10(16)13-8)4-11-14(9)6-2-3-6/h4-6,15H,2-3H2,1H3,(H,12,13,16). The van der Waals surface area contributed by atoms with Crippen LogP contribution >= 0.6 is 0 Å². The molecule has 1 aliphatic carbocycles. The third-order valence-electron chi connectivity index (χ3n) is 2.77. The van der Waals surface area contributed by atoms with Crippen LogP contribution in [0.3, 0.4) is 0 Å². The monoisotopic (exact) mass is 220 g/mol. The van der Waals surface area contributed by atoms with Crippen LogP contribution in [0.2, 0.25) is 0 Å². The van der Waals surface area contributed by atoms with Crippen LogP contribution in [0.5, 0.6) is 0 Å². The summed E-state index contributed by atoms with van der Waals surface area (Å²) in [5, 5.41) is 14.1. The van der Waals surface area contributed by atoms with Crippen molar-refractivity contribution < 1.29 is 5.11 Å². The van der Waals surface area contributed by atoms with Gasteiger partial charge in [0.1, 0.15) is 17.3 Å². The van der Waals surface area contributed by atoms with Crippen LogP contribution in [0, 0.1) is 0 Å². The van der Waals surface area contributed by atoms with Gasteiger partial charge in [-0.2, -0.15) is 5.10 Å². The Morgan fingerprint density at radius 1 is 1.62 bits per heavy atom. The molecule has 2 heterocycles. The van der Waals surface area contributed by atoms with Gasteiger partial charge in [0.15, 0.2) is 5.65 Å². The molecule has 6 heteroatoms. The predicted molar refractivity (Wildman–Crippen MR) is 57.1 cm³/mol. The van der Waals surface area contributed by atoms with E-state index in [1.807, 2.05) is 0 Å². The van der Waals surface area contributed by atoms with Gasteiger partial charge in [-0.15, -0.1) is 0 Å². The molecule has 6 nitrogen and oxygen atoms in total. The first-order chi connectivity index (χ1) is 7.66. The molecule has 1 atom stereocenters. The molecule has 1 unspecified atom stereocenters. The van der Waals surface area contributed by atoms with Gasteiger partial charge in [0.25, 0.3) is 5.56 Å². The van der Waals surface area contributed by atoms with Crippen molar-refractivity contribution in [2.24, 2.45) is 0 Å². The van der Waals surface area contributed by atoms with Crippen LogP contribution in [0.25, 0.3) is 11.0 Å². The van der Waals surface area contributed by atoms with Crippen molar-refractivity contribution >= 4 is 11.0 Å². The molecule has 0 aliphatic heterocycles. The lowest BCUT2D eigenvalue weighted by atomic mass is 10.3. The Kier molecular flexibility index (Phi) is 1.88. The molecule has 0 radical (unpaired) electrons. The van der Waals surface area contributed by atoms with Gasteiger partial charge in [-0.05, 0) is 19.8 Å². The van der Waals surface area contributed by atoms with Gasteiger partial charge in [0, 0.05) is 0 Å². The maximum absolute atomic E-state index is 11.7. The molecule has 1 saturated carbocycles. The Morgan fingerprint density at radius 2 is 2.38 bits per heavy atom. The summed E-state index contributed by atoms with van der Waals surface area (Å²) in [7, 11) is 0. The van der Waals surface area contributed by atoms with Crippen LogP contribution in [0.4, 0.5) is 0 Å². The van der Waals surface area contributed by atoms with Crippen LogP contribution in [0.15, 0.2) is 11.0 Å². The third-order valence-corrected chi connectivity index (χ3v) is 2.77. The van der Waals surface area contributed by atoms with Crippen molar-refractivity contribution in [3.05, 3.63) is 22.4 Å². The van der Waals surface area contributed by atoms with E-state index < -0.39 is 6.10 Å². The average molecular weight is 220 g/mol. The summed E-state index contributed by atoms with van der Waals surface area (Å²) in [5.41, 5.74) is 0.329. The lowest BCUT2D eigenvalue weighted by molar-refractivity contribution is 0.189. The number of aliphatic hydroxyl groups excluding tert-OH is 1. The minimum atomic E-state index is -0.778. The summed E-state index contributed by atoms with van der Waals surface area (Å²) in [6.45, 7) is 1.57. The number of nitrogens with zero attached hydrogens (tertiary/aromatic N) is 3. The van der Waals surface area contributed by atoms with Crippen molar-refractivity contribution in [3.8, 4) is 0 Å². The van der Waals surface area contributed by atoms with Crippen molar-refractivity contribution in [3.63, 3.8) is 0 Å². The summed E-state index contributed by atoms with van der Waals surface area (Å²) in [5.74, 6) is 0.292. The number of hydrogen-bond donors (Lipinski definition) is 2. The Morgan fingerprint density at radius 3 is 3.00 bits per heavy atom. The zero-order chi connectivity index (χ0) is 11.3. The molecule has 84 valence electrons. The molecule has 0 aromatic carbocycles. The quantitative estimate of drug-likeness (QED) is 0.772. The Balaban J connectivity index is 2.28. The van der Waals surface area contributed by atoms with Gasteiger partial charge < -0.3 is 10.1 Å². The fourth-order valence-electron chi connectivity index (χ4n) is 1.74. The van der Waals surface area contributed by atoms with Crippen LogP contribution in [-0.4, -0.2) is 24.9 Å². The minimum Gasteiger partial charge on any atom is -0.385 e. The fraction of sp³-hybridized carbons (Fsp3) is 0.500. The Hall–Kier alpha value is -1.69. The zero-order valence-electron chi connectivity index (χ0n) is 8.84. The summed E-state index contributed by atoms with van der Waals surface area (Å²) in [4.78, 5) is 18.5. The van der Waals surface area contributed by atoms with E-state index in [-0.39, 0.29) is 5.56 Å². The molecular weight excluding hydrogens is 208 g/mol. The Labute approximate surface area is 90.9 Å². The molecule has 0 bridgehead atoms. The molecular formula is C10H12N4O2. The molecule has 1 aliphatic rings. The number of aromatic amines is 1. The van der Waals surface area contributed by atoms with Crippen molar-refractivity contribution in [2.45, 2.75) is 31.9 Å². The van der Waals surface area contributed by atoms with E-state index in [1.54, 1.807) is 11.6 Å². The third kappa shape index (κ3) is 1.34. The maximum atomic E-state index is 11.7. The molecule has 3 rings (SSSR count). The van der Waals surface area contributed by atoms with Crippen molar-refractivity contribution in [2.75, 3.05) is 0 Å². The lowest BCUT2D eigenvalue weighted by Gasteiger charge is -2.04. The molecule has 16 heavy (non-hydrogen) atoms. The second kappa shape index (κ2) is 3.15. The van der Waals surface area contributed by atoms with Gasteiger partial charge in [0.2, 0.25) is 0 Å². The topological polar surface area (TPSA) is 83.8 Å². The highest BCUT2D eigenvalue weighted by atomic mass is 16.3. The highest BCUT2D eigenvalue weighted by Gasteiger charge is 2.27. The first-order valence-corrected chi connectivity index (χ1v) is 5.32. The molecule has 0 saturated heterocycles. The van der Waals surface area contributed by atoms with Crippen molar-refractivity contribution in [1.82, 2.24) is 19.7 Å². The summed E-state index contributed by atoms with van der Waals surface area (Å²) >= 11 is 0. The van der Waals surface area contributed by atoms with Crippen LogP contribution in [-0.2, 0) is 0 Å². The molecule has 0 amide bonds. The zero-order valence-corrected chi connectivity index (χ0v) is 8.84. The summed E-state index contributed by atoms with van der Waals surface area (Å²) in [6, 6.07) is 0.369. The van der Waals surface area contributed by atoms with Gasteiger partial charge in [0.05, 0.1) is 12.2 Å². The smallest absolute Gasteiger partial charge is 0.262 e. The highest BCUT2D eigenvalue weighted by Crippen LogP contribution is 2.35. The number of hydrogen-bond acceptors (Lipinski definition) is 4. The number of aliphatic hydroxyl groups is 1. The highest BCUT2D eigenvalue weighted by molar-refractivity contribution is 5.73. The van der Waals surface area contributed by atoms with E-state index in [9.17, 15) is 9.90 Å². The van der Waals surface area contributed by atoms with Gasteiger partial charge >= 0.3 is 0 Å². The van der Waals surface area contributed by atoms with Crippen LogP contribution < -0.4 is 5.56 Å². The molecule has 2 N–H and O–H groups in total. The average Bonchev–Trinajstić information content (AvgIpc) is 2.98. The summed E-state index contributed by atoms with van der Waals surface area (Å²) < 4.78 is 1.77. The lowest BCUT2D eigenvalue weighted by Crippen LogP contribution is -2.14. The largest absolute Gasteiger partial charge is 0.385 e. The van der Waals surface area contributed by atoms with E-state index in [2.05, 4.69) is 15.1 Å². The van der Waals surface area contributed by atoms with E-state index >= 15 is 0 Å². The molecule has 1 fully saturated rings. The predicted octanol–water partition coefficient (Wildman–Crippen LogP) is 0.508. The first-order valence-electron chi connectivity index (χ1n) is 5.32. The normalized spacial score (nSPS) is 17.9. The second-order valence-electron chi connectivity index (χ2n) is 4.18. The molecule has 2 aromatic rings. The van der Waals surface area contributed by atoms with E-state index in [0.717, 1.165) is 12.8 Å². The van der Waals surface area contributed by atoms with Gasteiger partial charge in [-0.3, -0.25) is 4.79 Å². The van der Waals surface area contributed by atoms with Crippen molar-refractivity contribution in [1.29, 1.82) is 0 Å². The fourth-order valence-corrected chi connectivity index (χ4v) is 1.74. The Bertz CT molecular complexity index is 594. The van der Waals surface area contributed by atoms with Crippen LogP contribution in [0.1, 0.15) is 37.7 Å². The second-order valence-corrected chi connectivity index (χ2v) is 4.18. The number of H-pyrrole nitrogens is 1. The van der Waals surface area contributed by atoms with Gasteiger partial charge in [-0.25, -0.2) is 9.67 Å².